The molecule has 2 rings (SSSR count). The zero-order valence-electron chi connectivity index (χ0n) is 13.5. The third-order valence-corrected chi connectivity index (χ3v) is 3.74. The number of benzene rings is 2. The monoisotopic (exact) mass is 334 g/mol. The van der Waals surface area contributed by atoms with E-state index < -0.39 is 0 Å². The van der Waals surface area contributed by atoms with Gasteiger partial charge in [0, 0.05) is 11.8 Å². The van der Waals surface area contributed by atoms with Gasteiger partial charge in [-0.1, -0.05) is 29.8 Å². The highest BCUT2D eigenvalue weighted by molar-refractivity contribution is 6.32. The summed E-state index contributed by atoms with van der Waals surface area (Å²) in [6, 6.07) is 8.66. The fraction of sp³-hybridized carbons (Fsp3) is 0.235. The molecule has 0 spiro atoms. The average Bonchev–Trinajstić information content (AvgIpc) is 2.51. The first-order valence-corrected chi connectivity index (χ1v) is 7.39. The molecule has 0 bridgehead atoms. The van der Waals surface area contributed by atoms with E-state index in [-0.39, 0.29) is 6.03 Å². The van der Waals surface area contributed by atoms with Crippen LogP contribution in [0.5, 0.6) is 11.5 Å². The molecule has 2 aromatic rings. The molecule has 0 fully saturated rings. The number of hydrogen-bond donors (Lipinski definition) is 2. The Bertz CT molecular complexity index is 712. The molecule has 2 aromatic carbocycles. The van der Waals surface area contributed by atoms with Crippen LogP contribution in [0.25, 0.3) is 0 Å². The Morgan fingerprint density at radius 1 is 1.00 bits per heavy atom. The maximum atomic E-state index is 12.3. The summed E-state index contributed by atoms with van der Waals surface area (Å²) in [5.41, 5.74) is 3.21. The zero-order chi connectivity index (χ0) is 17.0. The highest BCUT2D eigenvalue weighted by Gasteiger charge is 2.13. The highest BCUT2D eigenvalue weighted by Crippen LogP contribution is 2.36. The van der Waals surface area contributed by atoms with Crippen LogP contribution in [0.15, 0.2) is 30.3 Å². The minimum atomic E-state index is -0.373. The number of para-hydroxylation sites is 1. The van der Waals surface area contributed by atoms with Crippen molar-refractivity contribution >= 4 is 29.0 Å². The summed E-state index contributed by atoms with van der Waals surface area (Å²) in [5.74, 6) is 0.937. The smallest absolute Gasteiger partial charge is 0.323 e. The summed E-state index contributed by atoms with van der Waals surface area (Å²) in [4.78, 5) is 12.3. The van der Waals surface area contributed by atoms with Gasteiger partial charge in [-0.2, -0.15) is 0 Å². The average molecular weight is 335 g/mol. The van der Waals surface area contributed by atoms with Gasteiger partial charge in [0.15, 0.2) is 0 Å². The van der Waals surface area contributed by atoms with Gasteiger partial charge in [-0.15, -0.1) is 0 Å². The first-order valence-electron chi connectivity index (χ1n) is 7.02. The van der Waals surface area contributed by atoms with Gasteiger partial charge in [0.05, 0.1) is 24.9 Å². The lowest BCUT2D eigenvalue weighted by molar-refractivity contribution is 0.262. The van der Waals surface area contributed by atoms with Crippen molar-refractivity contribution in [3.8, 4) is 11.5 Å². The number of aryl methyl sites for hydroxylation is 2. The van der Waals surface area contributed by atoms with Crippen LogP contribution >= 0.6 is 11.6 Å². The van der Waals surface area contributed by atoms with E-state index in [1.807, 2.05) is 32.0 Å². The maximum Gasteiger partial charge on any atom is 0.323 e. The van der Waals surface area contributed by atoms with Crippen molar-refractivity contribution in [2.45, 2.75) is 13.8 Å². The van der Waals surface area contributed by atoms with Gasteiger partial charge in [0.25, 0.3) is 0 Å². The van der Waals surface area contributed by atoms with Crippen LogP contribution in [0.4, 0.5) is 16.2 Å². The fourth-order valence-electron chi connectivity index (χ4n) is 2.24. The van der Waals surface area contributed by atoms with Gasteiger partial charge < -0.3 is 20.1 Å². The third-order valence-electron chi connectivity index (χ3n) is 3.44. The third kappa shape index (κ3) is 3.87. The summed E-state index contributed by atoms with van der Waals surface area (Å²) in [7, 11) is 3.03. The van der Waals surface area contributed by atoms with Crippen molar-refractivity contribution in [3.63, 3.8) is 0 Å². The number of ether oxygens (including phenoxy) is 2. The van der Waals surface area contributed by atoms with Crippen LogP contribution in [0.2, 0.25) is 5.02 Å². The molecule has 0 aromatic heterocycles. The van der Waals surface area contributed by atoms with E-state index in [9.17, 15) is 4.79 Å². The summed E-state index contributed by atoms with van der Waals surface area (Å²) in [6.07, 6.45) is 0. The number of anilines is 2. The molecule has 2 N–H and O–H groups in total. The molecule has 122 valence electrons. The molecule has 0 aliphatic rings. The fourth-order valence-corrected chi connectivity index (χ4v) is 2.48. The van der Waals surface area contributed by atoms with Gasteiger partial charge in [-0.25, -0.2) is 4.79 Å². The Balaban J connectivity index is 2.22. The highest BCUT2D eigenvalue weighted by atomic mass is 35.5. The van der Waals surface area contributed by atoms with Crippen molar-refractivity contribution < 1.29 is 14.3 Å². The van der Waals surface area contributed by atoms with E-state index in [2.05, 4.69) is 10.6 Å². The first-order chi connectivity index (χ1) is 11.0. The Hall–Kier alpha value is -2.40. The summed E-state index contributed by atoms with van der Waals surface area (Å²) in [5, 5.41) is 5.97. The number of urea groups is 1. The lowest BCUT2D eigenvalue weighted by Crippen LogP contribution is -2.21. The van der Waals surface area contributed by atoms with E-state index in [1.54, 1.807) is 12.1 Å². The molecule has 0 saturated heterocycles. The molecule has 0 saturated carbocycles. The maximum absolute atomic E-state index is 12.3. The van der Waals surface area contributed by atoms with Crippen molar-refractivity contribution in [2.75, 3.05) is 24.9 Å². The van der Waals surface area contributed by atoms with Crippen LogP contribution in [-0.4, -0.2) is 20.3 Å². The van der Waals surface area contributed by atoms with Gasteiger partial charge in [-0.05, 0) is 31.0 Å². The van der Waals surface area contributed by atoms with Crippen molar-refractivity contribution in [3.05, 3.63) is 46.5 Å². The van der Waals surface area contributed by atoms with Crippen molar-refractivity contribution in [2.24, 2.45) is 0 Å². The predicted octanol–water partition coefficient (Wildman–Crippen LogP) is 4.62. The number of rotatable bonds is 4. The van der Waals surface area contributed by atoms with Gasteiger partial charge in [0.2, 0.25) is 0 Å². The van der Waals surface area contributed by atoms with Crippen molar-refractivity contribution in [1.29, 1.82) is 0 Å². The quantitative estimate of drug-likeness (QED) is 0.857. The van der Waals surface area contributed by atoms with Crippen LogP contribution in [-0.2, 0) is 0 Å². The van der Waals surface area contributed by atoms with E-state index in [1.165, 1.54) is 14.2 Å². The Kier molecular flexibility index (Phi) is 5.34. The van der Waals surface area contributed by atoms with E-state index in [0.29, 0.717) is 22.2 Å². The number of amides is 2. The Morgan fingerprint density at radius 3 is 2.17 bits per heavy atom. The molecule has 0 unspecified atom stereocenters. The second-order valence-corrected chi connectivity index (χ2v) is 5.44. The number of nitrogens with one attached hydrogen (secondary N) is 2. The van der Waals surface area contributed by atoms with Crippen LogP contribution in [0.3, 0.4) is 0 Å². The van der Waals surface area contributed by atoms with Crippen molar-refractivity contribution in [1.82, 2.24) is 0 Å². The molecule has 0 radical (unpaired) electrons. The number of methoxy groups -OCH3 is 2. The predicted molar refractivity (Wildman–Crippen MR) is 93.1 cm³/mol. The number of carbonyl (C=O) groups excluding carboxylic acids is 1. The van der Waals surface area contributed by atoms with Crippen LogP contribution < -0.4 is 20.1 Å². The second-order valence-electron chi connectivity index (χ2n) is 5.03. The van der Waals surface area contributed by atoms with E-state index in [0.717, 1.165) is 16.8 Å². The minimum Gasteiger partial charge on any atom is -0.495 e. The molecule has 23 heavy (non-hydrogen) atoms. The molecule has 5 nitrogen and oxygen atoms in total. The molecule has 0 aliphatic heterocycles. The first kappa shape index (κ1) is 17.0. The number of hydrogen-bond acceptors (Lipinski definition) is 3. The lowest BCUT2D eigenvalue weighted by Gasteiger charge is -2.15. The molecule has 6 heteroatoms. The molecule has 0 heterocycles. The zero-order valence-corrected chi connectivity index (χ0v) is 14.2. The van der Waals surface area contributed by atoms with E-state index >= 15 is 0 Å². The van der Waals surface area contributed by atoms with Crippen LogP contribution in [0, 0.1) is 13.8 Å². The second kappa shape index (κ2) is 7.24. The van der Waals surface area contributed by atoms with Gasteiger partial charge in [0.1, 0.15) is 11.5 Å². The molecule has 2 amide bonds. The standard InChI is InChI=1S/C17H19ClN2O3/c1-10-6-5-7-11(2)16(10)20-17(21)19-13-8-12(18)14(22-3)9-15(13)23-4/h5-9H,1-4H3,(H2,19,20,21). The Morgan fingerprint density at radius 2 is 1.61 bits per heavy atom. The summed E-state index contributed by atoms with van der Waals surface area (Å²) < 4.78 is 10.4. The topological polar surface area (TPSA) is 59.6 Å². The summed E-state index contributed by atoms with van der Waals surface area (Å²) >= 11 is 6.10. The normalized spacial score (nSPS) is 10.1. The molecule has 0 atom stereocenters. The number of halogens is 1. The molecular weight excluding hydrogens is 316 g/mol. The van der Waals surface area contributed by atoms with Gasteiger partial charge in [-0.3, -0.25) is 0 Å². The molecule has 0 aliphatic carbocycles. The SMILES string of the molecule is COc1cc(OC)c(NC(=O)Nc2c(C)cccc2C)cc1Cl. The Labute approximate surface area is 140 Å². The van der Waals surface area contributed by atoms with Gasteiger partial charge >= 0.3 is 6.03 Å². The summed E-state index contributed by atoms with van der Waals surface area (Å²) in [6.45, 7) is 3.88. The van der Waals surface area contributed by atoms with Crippen LogP contribution in [0.1, 0.15) is 11.1 Å². The molecular formula is C17H19ClN2O3. The minimum absolute atomic E-state index is 0.373. The van der Waals surface area contributed by atoms with E-state index in [4.69, 9.17) is 21.1 Å². The largest absolute Gasteiger partial charge is 0.495 e. The lowest BCUT2D eigenvalue weighted by atomic mass is 10.1. The number of carbonyl (C=O) groups is 1.